The van der Waals surface area contributed by atoms with Gasteiger partial charge in [-0.25, -0.2) is 4.79 Å². The minimum absolute atomic E-state index is 0.00977. The number of nitrogens with zero attached hydrogens (tertiary/aromatic N) is 1. The maximum absolute atomic E-state index is 12.7. The summed E-state index contributed by atoms with van der Waals surface area (Å²) in [6.45, 7) is 12.6. The molecule has 0 amide bonds. The molecule has 5 rings (SSSR count). The van der Waals surface area contributed by atoms with Gasteiger partial charge in [0.15, 0.2) is 0 Å². The molecule has 0 aromatic heterocycles. The van der Waals surface area contributed by atoms with Crippen molar-refractivity contribution >= 4 is 17.7 Å². The van der Waals surface area contributed by atoms with Crippen molar-refractivity contribution in [3.63, 3.8) is 0 Å². The van der Waals surface area contributed by atoms with Crippen molar-refractivity contribution in [3.8, 4) is 0 Å². The molecule has 0 radical (unpaired) electrons. The summed E-state index contributed by atoms with van der Waals surface area (Å²) in [7, 11) is 4.07. The number of carbonyl (C=O) groups excluding carboxylic acids is 1. The predicted octanol–water partition coefficient (Wildman–Crippen LogP) is 9.72. The number of rotatable bonds is 9. The van der Waals surface area contributed by atoms with Crippen LogP contribution in [0.1, 0.15) is 111 Å². The van der Waals surface area contributed by atoms with Gasteiger partial charge in [-0.1, -0.05) is 77.7 Å². The summed E-state index contributed by atoms with van der Waals surface area (Å²) in [6.07, 6.45) is 20.3. The lowest BCUT2D eigenvalue weighted by molar-refractivity contribution is -0.145. The highest BCUT2D eigenvalue weighted by atomic mass is 16.5. The van der Waals surface area contributed by atoms with Gasteiger partial charge >= 0.3 is 5.97 Å². The van der Waals surface area contributed by atoms with Crippen molar-refractivity contribution in [1.82, 2.24) is 0 Å². The molecule has 3 nitrogen and oxygen atoms in total. The fourth-order valence-corrected chi connectivity index (χ4v) is 10.0. The highest BCUT2D eigenvalue weighted by molar-refractivity contribution is 5.87. The molecule has 8 atom stereocenters. The van der Waals surface area contributed by atoms with E-state index in [0.717, 1.165) is 66.0 Å². The predicted molar refractivity (Wildman–Crippen MR) is 173 cm³/mol. The van der Waals surface area contributed by atoms with Gasteiger partial charge in [-0.2, -0.15) is 0 Å². The molecule has 0 unspecified atom stereocenters. The number of carbonyl (C=O) groups is 1. The largest absolute Gasteiger partial charge is 0.459 e. The van der Waals surface area contributed by atoms with Crippen LogP contribution in [-0.2, 0) is 9.53 Å². The second-order valence-corrected chi connectivity index (χ2v) is 15.4. The van der Waals surface area contributed by atoms with Crippen LogP contribution in [0.25, 0.3) is 6.08 Å². The Labute approximate surface area is 251 Å². The van der Waals surface area contributed by atoms with Gasteiger partial charge in [0.25, 0.3) is 0 Å². The molecular weight excluding hydrogens is 502 g/mol. The van der Waals surface area contributed by atoms with Gasteiger partial charge in [0.05, 0.1) is 0 Å². The molecule has 3 heteroatoms. The number of esters is 1. The van der Waals surface area contributed by atoms with Crippen LogP contribution < -0.4 is 4.90 Å². The van der Waals surface area contributed by atoms with E-state index in [0.29, 0.717) is 5.41 Å². The van der Waals surface area contributed by atoms with Gasteiger partial charge in [0, 0.05) is 32.3 Å². The highest BCUT2D eigenvalue weighted by Crippen LogP contribution is 2.67. The molecule has 226 valence electrons. The molecule has 0 N–H and O–H groups in total. The molecule has 0 spiro atoms. The number of hydrogen-bond donors (Lipinski definition) is 0. The summed E-state index contributed by atoms with van der Waals surface area (Å²) in [5.41, 5.74) is 4.59. The van der Waals surface area contributed by atoms with E-state index < -0.39 is 0 Å². The number of fused-ring (bicyclic) bond motifs is 5. The van der Waals surface area contributed by atoms with E-state index in [2.05, 4.69) is 57.7 Å². The Morgan fingerprint density at radius 3 is 2.46 bits per heavy atom. The summed E-state index contributed by atoms with van der Waals surface area (Å²) in [6, 6.07) is 8.24. The van der Waals surface area contributed by atoms with E-state index in [-0.39, 0.29) is 17.5 Å². The normalized spacial score (nSPS) is 35.4. The van der Waals surface area contributed by atoms with Crippen LogP contribution in [-0.4, -0.2) is 26.2 Å². The Bertz CT molecular complexity index is 1120. The first-order valence-electron chi connectivity index (χ1n) is 16.9. The van der Waals surface area contributed by atoms with Crippen molar-refractivity contribution in [2.45, 2.75) is 111 Å². The average molecular weight is 560 g/mol. The van der Waals surface area contributed by atoms with E-state index in [4.69, 9.17) is 4.74 Å². The van der Waals surface area contributed by atoms with Crippen molar-refractivity contribution < 1.29 is 9.53 Å². The van der Waals surface area contributed by atoms with Crippen LogP contribution in [0.2, 0.25) is 0 Å². The maximum atomic E-state index is 12.7. The first-order valence-corrected chi connectivity index (χ1v) is 16.9. The van der Waals surface area contributed by atoms with Gasteiger partial charge < -0.3 is 9.64 Å². The number of ether oxygens (including phenoxy) is 1. The molecule has 0 saturated heterocycles. The van der Waals surface area contributed by atoms with E-state index in [1.165, 1.54) is 51.4 Å². The monoisotopic (exact) mass is 559 g/mol. The second kappa shape index (κ2) is 12.3. The number of anilines is 1. The van der Waals surface area contributed by atoms with Gasteiger partial charge in [0.1, 0.15) is 6.10 Å². The molecular formula is C38H57NO2. The summed E-state index contributed by atoms with van der Waals surface area (Å²) in [4.78, 5) is 14.8. The standard InChI is InChI=1S/C38H57NO2/c1-26(2)9-8-10-27(3)33-18-19-34-32-17-14-29-25-31(21-23-37(29,4)35(32)22-24-38(33,34)5)41-36(40)20-13-28-11-15-30(16-12-28)39(6)7/h11-16,20,26-27,31-35H,8-10,17-19,21-25H2,1-7H3/b20-13+/t27-,31+,32+,33-,34+,35+,37+,38-/m1/s1. The molecule has 3 saturated carbocycles. The Balaban J connectivity index is 1.19. The summed E-state index contributed by atoms with van der Waals surface area (Å²) in [5.74, 6) is 4.93. The number of allylic oxidation sites excluding steroid dienone is 1. The molecule has 0 bridgehead atoms. The van der Waals surface area contributed by atoms with E-state index in [1.807, 2.05) is 32.3 Å². The summed E-state index contributed by atoms with van der Waals surface area (Å²) >= 11 is 0. The minimum Gasteiger partial charge on any atom is -0.459 e. The van der Waals surface area contributed by atoms with E-state index in [9.17, 15) is 4.79 Å². The molecule has 1 aromatic carbocycles. The zero-order valence-electron chi connectivity index (χ0n) is 27.1. The van der Waals surface area contributed by atoms with Crippen LogP contribution in [0.3, 0.4) is 0 Å². The van der Waals surface area contributed by atoms with Gasteiger partial charge in [-0.15, -0.1) is 0 Å². The minimum atomic E-state index is -0.211. The fraction of sp³-hybridized carbons (Fsp3) is 0.711. The second-order valence-electron chi connectivity index (χ2n) is 15.4. The summed E-state index contributed by atoms with van der Waals surface area (Å²) in [5, 5.41) is 0. The maximum Gasteiger partial charge on any atom is 0.331 e. The Hall–Kier alpha value is -2.03. The summed E-state index contributed by atoms with van der Waals surface area (Å²) < 4.78 is 6.00. The van der Waals surface area contributed by atoms with Crippen molar-refractivity contribution in [1.29, 1.82) is 0 Å². The smallest absolute Gasteiger partial charge is 0.331 e. The quantitative estimate of drug-likeness (QED) is 0.171. The molecule has 1 aromatic rings. The number of benzene rings is 1. The van der Waals surface area contributed by atoms with Crippen molar-refractivity contribution in [3.05, 3.63) is 47.6 Å². The molecule has 3 fully saturated rings. The fourth-order valence-electron chi connectivity index (χ4n) is 10.0. The molecule has 4 aliphatic carbocycles. The Morgan fingerprint density at radius 1 is 1.00 bits per heavy atom. The highest BCUT2D eigenvalue weighted by Gasteiger charge is 2.59. The zero-order chi connectivity index (χ0) is 29.4. The van der Waals surface area contributed by atoms with Crippen LogP contribution in [0.5, 0.6) is 0 Å². The van der Waals surface area contributed by atoms with E-state index >= 15 is 0 Å². The Kier molecular flexibility index (Phi) is 9.12. The topological polar surface area (TPSA) is 29.5 Å². The third-order valence-electron chi connectivity index (χ3n) is 12.4. The lowest BCUT2D eigenvalue weighted by Gasteiger charge is -2.58. The lowest BCUT2D eigenvalue weighted by atomic mass is 9.47. The first kappa shape index (κ1) is 30.4. The van der Waals surface area contributed by atoms with Gasteiger partial charge in [0.2, 0.25) is 0 Å². The number of hydrogen-bond acceptors (Lipinski definition) is 3. The average Bonchev–Trinajstić information content (AvgIpc) is 3.29. The molecule has 0 heterocycles. The van der Waals surface area contributed by atoms with Crippen LogP contribution in [0, 0.1) is 46.3 Å². The van der Waals surface area contributed by atoms with Crippen LogP contribution in [0.4, 0.5) is 5.69 Å². The van der Waals surface area contributed by atoms with Crippen LogP contribution in [0.15, 0.2) is 42.0 Å². The van der Waals surface area contributed by atoms with Crippen molar-refractivity contribution in [2.75, 3.05) is 19.0 Å². The molecule has 4 aliphatic rings. The molecule has 41 heavy (non-hydrogen) atoms. The SMILES string of the molecule is CC(C)CCC[C@@H](C)[C@H]1CC[C@H]2[C@@H]3CC=C4C[C@@H](OC(=O)/C=C/c5ccc(N(C)C)cc5)CC[C@]4(C)[C@H]3CC[C@]12C. The van der Waals surface area contributed by atoms with Gasteiger partial charge in [-0.05, 0) is 115 Å². The lowest BCUT2D eigenvalue weighted by Crippen LogP contribution is -2.51. The first-order chi connectivity index (χ1) is 19.5. The molecule has 0 aliphatic heterocycles. The van der Waals surface area contributed by atoms with Gasteiger partial charge in [-0.3, -0.25) is 0 Å². The Morgan fingerprint density at radius 2 is 1.76 bits per heavy atom. The third-order valence-corrected chi connectivity index (χ3v) is 12.4. The zero-order valence-corrected chi connectivity index (χ0v) is 27.1. The third kappa shape index (κ3) is 6.21. The van der Waals surface area contributed by atoms with E-state index in [1.54, 1.807) is 11.6 Å². The van der Waals surface area contributed by atoms with Crippen molar-refractivity contribution in [2.24, 2.45) is 46.3 Å². The van der Waals surface area contributed by atoms with Crippen LogP contribution >= 0.6 is 0 Å².